The Hall–Kier alpha value is -0.750. The average Bonchev–Trinajstić information content (AvgIpc) is 2.15. The molecule has 1 heterocycles. The number of hydrogen-bond donors (Lipinski definition) is 3. The van der Waals surface area contributed by atoms with Crippen molar-refractivity contribution >= 4 is 12.6 Å². The Kier molecular flexibility index (Phi) is 1.58. The lowest BCUT2D eigenvalue weighted by Crippen LogP contribution is -2.12. The molecule has 0 atom stereocenters. The fourth-order valence-corrected chi connectivity index (χ4v) is 0.582. The van der Waals surface area contributed by atoms with Gasteiger partial charge >= 0.3 is 0 Å². The van der Waals surface area contributed by atoms with E-state index >= 15 is 0 Å². The van der Waals surface area contributed by atoms with Crippen LogP contribution in [0.2, 0.25) is 0 Å². The van der Waals surface area contributed by atoms with E-state index in [2.05, 4.69) is 22.8 Å². The summed E-state index contributed by atoms with van der Waals surface area (Å²) in [6.45, 7) is -0.218. The summed E-state index contributed by atoms with van der Waals surface area (Å²) in [5.41, 5.74) is 0. The minimum atomic E-state index is -0.218. The summed E-state index contributed by atoms with van der Waals surface area (Å²) < 4.78 is 1.11. The summed E-state index contributed by atoms with van der Waals surface area (Å²) in [6.07, 6.45) is 0. The minimum absolute atomic E-state index is 0.218. The van der Waals surface area contributed by atoms with Gasteiger partial charge in [0.2, 0.25) is 5.16 Å². The van der Waals surface area contributed by atoms with E-state index in [1.54, 1.807) is 0 Å². The molecule has 0 aliphatic rings. The predicted molar refractivity (Wildman–Crippen MR) is 33.3 cm³/mol. The van der Waals surface area contributed by atoms with E-state index in [9.17, 15) is 0 Å². The standard InChI is InChI=1S/C3H6N4OS/c4-7-2(1-8)5-6-3(7)9/h8H,1,4H2,(H,6,9). The molecule has 9 heavy (non-hydrogen) atoms. The highest BCUT2D eigenvalue weighted by Crippen LogP contribution is 1.99. The number of nitrogens with zero attached hydrogens (tertiary/aromatic N) is 3. The van der Waals surface area contributed by atoms with Gasteiger partial charge in [-0.25, -0.2) is 4.68 Å². The Labute approximate surface area is 56.9 Å². The second-order valence-corrected chi connectivity index (χ2v) is 1.84. The monoisotopic (exact) mass is 146 g/mol. The molecule has 0 fully saturated rings. The van der Waals surface area contributed by atoms with Gasteiger partial charge in [-0.2, -0.15) is 0 Å². The normalized spacial score (nSPS) is 10.0. The Morgan fingerprint density at radius 3 is 2.56 bits per heavy atom. The van der Waals surface area contributed by atoms with Gasteiger partial charge < -0.3 is 10.9 Å². The van der Waals surface area contributed by atoms with Gasteiger partial charge in [-0.1, -0.05) is 0 Å². The van der Waals surface area contributed by atoms with Gasteiger partial charge in [-0.05, 0) is 0 Å². The lowest BCUT2D eigenvalue weighted by molar-refractivity contribution is 0.267. The largest absolute Gasteiger partial charge is 0.388 e. The summed E-state index contributed by atoms with van der Waals surface area (Å²) in [7, 11) is 0. The second-order valence-electron chi connectivity index (χ2n) is 1.44. The van der Waals surface area contributed by atoms with Crippen LogP contribution in [0.25, 0.3) is 0 Å². The van der Waals surface area contributed by atoms with Gasteiger partial charge in [0.25, 0.3) is 0 Å². The lowest BCUT2D eigenvalue weighted by atomic mass is 10.7. The van der Waals surface area contributed by atoms with E-state index in [-0.39, 0.29) is 6.61 Å². The number of hydrogen-bond acceptors (Lipinski definition) is 5. The quantitative estimate of drug-likeness (QED) is 0.342. The highest BCUT2D eigenvalue weighted by Gasteiger charge is 2.02. The highest BCUT2D eigenvalue weighted by molar-refractivity contribution is 7.80. The molecule has 0 amide bonds. The molecule has 0 spiro atoms. The van der Waals surface area contributed by atoms with Gasteiger partial charge in [0.1, 0.15) is 6.61 Å². The van der Waals surface area contributed by atoms with Crippen LogP contribution < -0.4 is 5.84 Å². The minimum Gasteiger partial charge on any atom is -0.388 e. The van der Waals surface area contributed by atoms with Crippen LogP contribution in [0.5, 0.6) is 0 Å². The third-order valence-corrected chi connectivity index (χ3v) is 1.19. The fraction of sp³-hybridized carbons (Fsp3) is 0.333. The van der Waals surface area contributed by atoms with Crippen molar-refractivity contribution in [1.29, 1.82) is 0 Å². The number of nitrogen functional groups attached to an aromatic ring is 1. The molecule has 6 heteroatoms. The molecule has 5 nitrogen and oxygen atoms in total. The van der Waals surface area contributed by atoms with Crippen LogP contribution in [0.1, 0.15) is 5.82 Å². The van der Waals surface area contributed by atoms with E-state index in [1.807, 2.05) is 0 Å². The van der Waals surface area contributed by atoms with Crippen LogP contribution in [0, 0.1) is 0 Å². The van der Waals surface area contributed by atoms with Crippen LogP contribution >= 0.6 is 12.6 Å². The topological polar surface area (TPSA) is 77.0 Å². The smallest absolute Gasteiger partial charge is 0.206 e. The van der Waals surface area contributed by atoms with Gasteiger partial charge in [0, 0.05) is 0 Å². The molecule has 1 aromatic heterocycles. The highest BCUT2D eigenvalue weighted by atomic mass is 32.1. The molecule has 1 aromatic rings. The molecule has 0 bridgehead atoms. The average molecular weight is 146 g/mol. The first kappa shape index (κ1) is 6.37. The van der Waals surface area contributed by atoms with Gasteiger partial charge in [0.15, 0.2) is 5.82 Å². The van der Waals surface area contributed by atoms with E-state index in [1.165, 1.54) is 0 Å². The first-order valence-corrected chi connectivity index (χ1v) is 2.69. The summed E-state index contributed by atoms with van der Waals surface area (Å²) in [4.78, 5) is 0. The zero-order valence-corrected chi connectivity index (χ0v) is 5.41. The van der Waals surface area contributed by atoms with Crippen LogP contribution in [0.3, 0.4) is 0 Å². The number of aliphatic hydroxyl groups excluding tert-OH is 1. The molecule has 0 aliphatic carbocycles. The van der Waals surface area contributed by atoms with E-state index in [0.29, 0.717) is 11.0 Å². The SMILES string of the molecule is Nn1c(S)nnc1CO. The summed E-state index contributed by atoms with van der Waals surface area (Å²) in [5, 5.41) is 15.8. The number of thiol groups is 1. The molecule has 0 aromatic carbocycles. The molecule has 0 aliphatic heterocycles. The third kappa shape index (κ3) is 0.984. The van der Waals surface area contributed by atoms with E-state index in [4.69, 9.17) is 10.9 Å². The fourth-order valence-electron chi connectivity index (χ4n) is 0.422. The van der Waals surface area contributed by atoms with Gasteiger partial charge in [0.05, 0.1) is 0 Å². The maximum absolute atomic E-state index is 8.49. The Bertz CT molecular complexity index is 210. The zero-order chi connectivity index (χ0) is 6.85. The van der Waals surface area contributed by atoms with Crippen molar-refractivity contribution < 1.29 is 5.11 Å². The van der Waals surface area contributed by atoms with Gasteiger partial charge in [-0.15, -0.1) is 22.8 Å². The number of aliphatic hydroxyl groups is 1. The van der Waals surface area contributed by atoms with Crippen LogP contribution in [0.4, 0.5) is 0 Å². The molecule has 0 saturated carbocycles. The van der Waals surface area contributed by atoms with E-state index in [0.717, 1.165) is 4.68 Å². The first-order chi connectivity index (χ1) is 4.25. The van der Waals surface area contributed by atoms with Crippen molar-refractivity contribution in [3.8, 4) is 0 Å². The summed E-state index contributed by atoms with van der Waals surface area (Å²) in [6, 6.07) is 0. The Morgan fingerprint density at radius 1 is 1.67 bits per heavy atom. The van der Waals surface area contributed by atoms with Crippen LogP contribution in [0.15, 0.2) is 5.16 Å². The van der Waals surface area contributed by atoms with Crippen molar-refractivity contribution in [2.45, 2.75) is 11.8 Å². The molecule has 0 unspecified atom stereocenters. The molecule has 0 saturated heterocycles. The van der Waals surface area contributed by atoms with Crippen LogP contribution in [-0.4, -0.2) is 20.0 Å². The first-order valence-electron chi connectivity index (χ1n) is 2.25. The van der Waals surface area contributed by atoms with Crippen molar-refractivity contribution in [2.75, 3.05) is 5.84 Å². The number of nitrogens with two attached hydrogens (primary N) is 1. The van der Waals surface area contributed by atoms with Crippen molar-refractivity contribution in [3.05, 3.63) is 5.82 Å². The van der Waals surface area contributed by atoms with Crippen molar-refractivity contribution in [2.24, 2.45) is 0 Å². The van der Waals surface area contributed by atoms with Crippen molar-refractivity contribution in [1.82, 2.24) is 14.9 Å². The molecule has 1 rings (SSSR count). The van der Waals surface area contributed by atoms with Crippen LogP contribution in [-0.2, 0) is 6.61 Å². The third-order valence-electron chi connectivity index (χ3n) is 0.890. The molecule has 3 N–H and O–H groups in total. The number of aromatic nitrogens is 3. The van der Waals surface area contributed by atoms with E-state index < -0.39 is 0 Å². The number of rotatable bonds is 1. The lowest BCUT2D eigenvalue weighted by Gasteiger charge is -1.93. The Balaban J connectivity index is 3.04. The van der Waals surface area contributed by atoms with Crippen molar-refractivity contribution in [3.63, 3.8) is 0 Å². The Morgan fingerprint density at radius 2 is 2.33 bits per heavy atom. The maximum atomic E-state index is 8.49. The maximum Gasteiger partial charge on any atom is 0.206 e. The second kappa shape index (κ2) is 2.24. The molecule has 50 valence electrons. The predicted octanol–water partition coefficient (Wildman–Crippen LogP) is -1.23. The molecular formula is C3H6N4OS. The summed E-state index contributed by atoms with van der Waals surface area (Å²) >= 11 is 3.83. The molecular weight excluding hydrogens is 140 g/mol. The van der Waals surface area contributed by atoms with Gasteiger partial charge in [-0.3, -0.25) is 0 Å². The zero-order valence-electron chi connectivity index (χ0n) is 4.52. The summed E-state index contributed by atoms with van der Waals surface area (Å²) in [5.74, 6) is 5.57. The molecule has 0 radical (unpaired) electrons.